The van der Waals surface area contributed by atoms with E-state index in [1.165, 1.54) is 6.42 Å². The van der Waals surface area contributed by atoms with Gasteiger partial charge in [-0.3, -0.25) is 0 Å². The molecule has 0 aliphatic heterocycles. The van der Waals surface area contributed by atoms with Gasteiger partial charge in [0.1, 0.15) is 11.5 Å². The third kappa shape index (κ3) is 7.31. The lowest BCUT2D eigenvalue weighted by Crippen LogP contribution is -2.16. The van der Waals surface area contributed by atoms with Gasteiger partial charge in [0.25, 0.3) is 0 Å². The number of rotatable bonds is 10. The van der Waals surface area contributed by atoms with E-state index in [0.717, 1.165) is 64.8 Å². The topological polar surface area (TPSA) is 34.4 Å². The van der Waals surface area contributed by atoms with Crippen LogP contribution in [0.15, 0.2) is 34.7 Å². The van der Waals surface area contributed by atoms with Gasteiger partial charge in [0.2, 0.25) is 0 Å². The Bertz CT molecular complexity index is 604. The van der Waals surface area contributed by atoms with Crippen molar-refractivity contribution >= 4 is 46.6 Å². The zero-order valence-electron chi connectivity index (χ0n) is 13.8. The van der Waals surface area contributed by atoms with Gasteiger partial charge in [0.05, 0.1) is 11.6 Å². The molecular formula is C18H24Cl2INO2. The van der Waals surface area contributed by atoms with Gasteiger partial charge in [-0.2, -0.15) is 0 Å². The molecule has 0 aliphatic carbocycles. The standard InChI is InChI=1S/C18H23ClINO2.ClH/c1-2-3-10-22-11-4-9-21-13-15-6-8-18(23-15)16-7-5-14(20)12-17(16)19;/h5-8,12,21H,2-4,9-11,13H2,1H3;1H. The van der Waals surface area contributed by atoms with Crippen LogP contribution in [-0.4, -0.2) is 19.8 Å². The molecule has 0 bridgehead atoms. The fourth-order valence-corrected chi connectivity index (χ4v) is 3.12. The summed E-state index contributed by atoms with van der Waals surface area (Å²) in [5, 5.41) is 4.09. The highest BCUT2D eigenvalue weighted by molar-refractivity contribution is 14.1. The number of ether oxygens (including phenoxy) is 1. The smallest absolute Gasteiger partial charge is 0.135 e. The van der Waals surface area contributed by atoms with Crippen LogP contribution in [-0.2, 0) is 11.3 Å². The number of halogens is 3. The second-order valence-corrected chi connectivity index (χ2v) is 7.04. The first-order valence-corrected chi connectivity index (χ1v) is 9.49. The Hall–Kier alpha value is -0.270. The first-order chi connectivity index (χ1) is 11.2. The molecule has 0 amide bonds. The molecule has 0 unspecified atom stereocenters. The molecule has 1 aromatic carbocycles. The molecule has 0 fully saturated rings. The van der Waals surface area contributed by atoms with Crippen molar-refractivity contribution in [2.24, 2.45) is 0 Å². The van der Waals surface area contributed by atoms with Gasteiger partial charge >= 0.3 is 0 Å². The van der Waals surface area contributed by atoms with Crippen LogP contribution in [0.3, 0.4) is 0 Å². The van der Waals surface area contributed by atoms with E-state index in [1.807, 2.05) is 30.3 Å². The summed E-state index contributed by atoms with van der Waals surface area (Å²) in [7, 11) is 0. The van der Waals surface area contributed by atoms with Crippen molar-refractivity contribution in [1.29, 1.82) is 0 Å². The quantitative estimate of drug-likeness (QED) is 0.336. The maximum Gasteiger partial charge on any atom is 0.135 e. The van der Waals surface area contributed by atoms with Crippen molar-refractivity contribution in [2.75, 3.05) is 19.8 Å². The van der Waals surface area contributed by atoms with Crippen molar-refractivity contribution in [3.63, 3.8) is 0 Å². The van der Waals surface area contributed by atoms with Crippen LogP contribution in [0.25, 0.3) is 11.3 Å². The molecule has 2 rings (SSSR count). The van der Waals surface area contributed by atoms with Crippen molar-refractivity contribution in [3.05, 3.63) is 44.7 Å². The normalized spacial score (nSPS) is 10.6. The van der Waals surface area contributed by atoms with Gasteiger partial charge < -0.3 is 14.5 Å². The molecule has 0 atom stereocenters. The Labute approximate surface area is 169 Å². The van der Waals surface area contributed by atoms with Crippen LogP contribution in [0.2, 0.25) is 5.02 Å². The number of nitrogens with one attached hydrogen (secondary N) is 1. The minimum absolute atomic E-state index is 0. The van der Waals surface area contributed by atoms with E-state index < -0.39 is 0 Å². The largest absolute Gasteiger partial charge is 0.460 e. The van der Waals surface area contributed by atoms with E-state index in [1.54, 1.807) is 0 Å². The van der Waals surface area contributed by atoms with Crippen molar-refractivity contribution in [2.45, 2.75) is 32.7 Å². The van der Waals surface area contributed by atoms with Crippen LogP contribution in [0.4, 0.5) is 0 Å². The molecule has 1 aromatic heterocycles. The summed E-state index contributed by atoms with van der Waals surface area (Å²) >= 11 is 8.52. The van der Waals surface area contributed by atoms with E-state index in [2.05, 4.69) is 34.8 Å². The maximum atomic E-state index is 6.28. The summed E-state index contributed by atoms with van der Waals surface area (Å²) in [5.41, 5.74) is 0.933. The van der Waals surface area contributed by atoms with Crippen LogP contribution in [0.1, 0.15) is 31.9 Å². The molecule has 6 heteroatoms. The van der Waals surface area contributed by atoms with Crippen molar-refractivity contribution in [1.82, 2.24) is 5.32 Å². The number of benzene rings is 1. The number of hydrogen-bond acceptors (Lipinski definition) is 3. The minimum Gasteiger partial charge on any atom is -0.460 e. The fraction of sp³-hybridized carbons (Fsp3) is 0.444. The van der Waals surface area contributed by atoms with Crippen LogP contribution in [0.5, 0.6) is 0 Å². The average molecular weight is 484 g/mol. The first kappa shape index (κ1) is 21.8. The Balaban J connectivity index is 0.00000288. The predicted octanol–water partition coefficient (Wildman–Crippen LogP) is 5.92. The molecule has 0 aliphatic rings. The Morgan fingerprint density at radius 1 is 1.17 bits per heavy atom. The molecule has 24 heavy (non-hydrogen) atoms. The molecule has 2 aromatic rings. The molecule has 134 valence electrons. The molecule has 0 spiro atoms. The zero-order chi connectivity index (χ0) is 16.5. The lowest BCUT2D eigenvalue weighted by atomic mass is 10.2. The second kappa shape index (κ2) is 12.1. The highest BCUT2D eigenvalue weighted by Gasteiger charge is 2.08. The number of hydrogen-bond donors (Lipinski definition) is 1. The summed E-state index contributed by atoms with van der Waals surface area (Å²) in [6.07, 6.45) is 3.34. The van der Waals surface area contributed by atoms with E-state index in [9.17, 15) is 0 Å². The Morgan fingerprint density at radius 2 is 1.96 bits per heavy atom. The lowest BCUT2D eigenvalue weighted by Gasteiger charge is -2.05. The third-order valence-corrected chi connectivity index (χ3v) is 4.43. The Morgan fingerprint density at radius 3 is 2.71 bits per heavy atom. The van der Waals surface area contributed by atoms with Crippen molar-refractivity contribution < 1.29 is 9.15 Å². The van der Waals surface area contributed by atoms with E-state index in [0.29, 0.717) is 0 Å². The molecule has 0 radical (unpaired) electrons. The first-order valence-electron chi connectivity index (χ1n) is 8.03. The van der Waals surface area contributed by atoms with Gasteiger partial charge in [-0.1, -0.05) is 24.9 Å². The number of unbranched alkanes of at least 4 members (excludes halogenated alkanes) is 1. The van der Waals surface area contributed by atoms with Gasteiger partial charge in [0, 0.05) is 22.3 Å². The van der Waals surface area contributed by atoms with Crippen LogP contribution >= 0.6 is 46.6 Å². The zero-order valence-corrected chi connectivity index (χ0v) is 17.5. The summed E-state index contributed by atoms with van der Waals surface area (Å²) in [5.74, 6) is 1.73. The lowest BCUT2D eigenvalue weighted by molar-refractivity contribution is 0.128. The van der Waals surface area contributed by atoms with Crippen molar-refractivity contribution in [3.8, 4) is 11.3 Å². The maximum absolute atomic E-state index is 6.28. The highest BCUT2D eigenvalue weighted by atomic mass is 127. The van der Waals surface area contributed by atoms with Gasteiger partial charge in [-0.15, -0.1) is 12.4 Å². The third-order valence-electron chi connectivity index (χ3n) is 3.44. The van der Waals surface area contributed by atoms with Gasteiger partial charge in [-0.05, 0) is 72.3 Å². The van der Waals surface area contributed by atoms with Crippen LogP contribution < -0.4 is 5.32 Å². The highest BCUT2D eigenvalue weighted by Crippen LogP contribution is 2.30. The SMILES string of the molecule is CCCCOCCCNCc1ccc(-c2ccc(I)cc2Cl)o1.Cl. The monoisotopic (exact) mass is 483 g/mol. The molecule has 1 heterocycles. The average Bonchev–Trinajstić information content (AvgIpc) is 2.98. The molecule has 3 nitrogen and oxygen atoms in total. The van der Waals surface area contributed by atoms with E-state index >= 15 is 0 Å². The summed E-state index contributed by atoms with van der Waals surface area (Å²) in [6.45, 7) is 5.50. The minimum atomic E-state index is 0. The summed E-state index contributed by atoms with van der Waals surface area (Å²) in [6, 6.07) is 9.93. The Kier molecular flexibility index (Phi) is 11.0. The van der Waals surface area contributed by atoms with Gasteiger partial charge in [0.15, 0.2) is 0 Å². The predicted molar refractivity (Wildman–Crippen MR) is 111 cm³/mol. The summed E-state index contributed by atoms with van der Waals surface area (Å²) < 4.78 is 12.5. The van der Waals surface area contributed by atoms with E-state index in [-0.39, 0.29) is 12.4 Å². The number of furan rings is 1. The van der Waals surface area contributed by atoms with Crippen LogP contribution in [0, 0.1) is 3.57 Å². The second-order valence-electron chi connectivity index (χ2n) is 5.39. The molecule has 0 saturated heterocycles. The molecular weight excluding hydrogens is 460 g/mol. The molecule has 0 saturated carbocycles. The van der Waals surface area contributed by atoms with E-state index in [4.69, 9.17) is 20.8 Å². The molecule has 1 N–H and O–H groups in total. The fourth-order valence-electron chi connectivity index (χ4n) is 2.17. The van der Waals surface area contributed by atoms with Gasteiger partial charge in [-0.25, -0.2) is 0 Å². The summed E-state index contributed by atoms with van der Waals surface area (Å²) in [4.78, 5) is 0.